The molecule has 13 heteroatoms. The Morgan fingerprint density at radius 1 is 0.941 bits per heavy atom. The predicted molar refractivity (Wildman–Crippen MR) is 207 cm³/mol. The number of thioether (sulfide) groups is 1. The summed E-state index contributed by atoms with van der Waals surface area (Å²) in [4.78, 5) is 55.2. The molecule has 0 radical (unpaired) electrons. The van der Waals surface area contributed by atoms with Crippen LogP contribution in [0.1, 0.15) is 76.6 Å². The summed E-state index contributed by atoms with van der Waals surface area (Å²) >= 11 is 8.17. The second-order valence-corrected chi connectivity index (χ2v) is 15.4. The van der Waals surface area contributed by atoms with E-state index in [0.717, 1.165) is 32.3 Å². The lowest BCUT2D eigenvalue weighted by atomic mass is 10.0. The molecular weight excluding hydrogens is 705 g/mol. The Balaban J connectivity index is 1.36. The van der Waals surface area contributed by atoms with E-state index in [9.17, 15) is 19.2 Å². The van der Waals surface area contributed by atoms with E-state index >= 15 is 0 Å². The van der Waals surface area contributed by atoms with Crippen molar-refractivity contribution in [1.29, 1.82) is 0 Å². The van der Waals surface area contributed by atoms with Crippen LogP contribution in [0.3, 0.4) is 0 Å². The van der Waals surface area contributed by atoms with Gasteiger partial charge in [0.05, 0.1) is 18.7 Å². The van der Waals surface area contributed by atoms with Gasteiger partial charge in [0.15, 0.2) is 10.9 Å². The highest BCUT2D eigenvalue weighted by atomic mass is 32.2. The van der Waals surface area contributed by atoms with Gasteiger partial charge in [0.25, 0.3) is 0 Å². The predicted octanol–water partition coefficient (Wildman–Crippen LogP) is 8.70. The molecule has 10 nitrogen and oxygen atoms in total. The molecule has 0 saturated carbocycles. The van der Waals surface area contributed by atoms with Crippen molar-refractivity contribution in [1.82, 2.24) is 4.90 Å². The van der Waals surface area contributed by atoms with Crippen LogP contribution in [0.4, 0.5) is 21.2 Å². The number of nitrogens with zero attached hydrogens (tertiary/aromatic N) is 1. The third kappa shape index (κ3) is 9.96. The molecule has 4 aromatic rings. The lowest BCUT2D eigenvalue weighted by molar-refractivity contribution is -0.115. The van der Waals surface area contributed by atoms with E-state index in [4.69, 9.17) is 21.7 Å². The zero-order chi connectivity index (χ0) is 36.7. The lowest BCUT2D eigenvalue weighted by Gasteiger charge is -2.30. The largest absolute Gasteiger partial charge is 0.462 e. The number of nitrogens with one attached hydrogen (secondary N) is 3. The molecule has 1 atom stereocenters. The van der Waals surface area contributed by atoms with Crippen LogP contribution in [0.25, 0.3) is 0 Å². The highest BCUT2D eigenvalue weighted by Gasteiger charge is 2.34. The topological polar surface area (TPSA) is 126 Å². The van der Waals surface area contributed by atoms with Crippen LogP contribution in [0.2, 0.25) is 0 Å². The van der Waals surface area contributed by atoms with Crippen LogP contribution in [0, 0.1) is 0 Å². The van der Waals surface area contributed by atoms with Crippen LogP contribution in [0.5, 0.6) is 0 Å². The number of anilines is 3. The van der Waals surface area contributed by atoms with Crippen molar-refractivity contribution in [2.45, 2.75) is 63.3 Å². The molecule has 1 aliphatic heterocycles. The molecule has 3 aromatic carbocycles. The minimum atomic E-state index is -0.682. The van der Waals surface area contributed by atoms with Crippen LogP contribution >= 0.6 is 35.3 Å². The average molecular weight is 745 g/mol. The fourth-order valence-electron chi connectivity index (χ4n) is 5.34. The molecule has 0 aliphatic carbocycles. The number of thiophene rings is 1. The minimum absolute atomic E-state index is 0.0142. The molecule has 3 N–H and O–H groups in total. The van der Waals surface area contributed by atoms with Crippen molar-refractivity contribution in [3.8, 4) is 0 Å². The first-order chi connectivity index (χ1) is 24.3. The van der Waals surface area contributed by atoms with Crippen LogP contribution in [-0.4, -0.2) is 52.5 Å². The maximum Gasteiger partial charge on any atom is 0.410 e. The molecule has 0 saturated heterocycles. The summed E-state index contributed by atoms with van der Waals surface area (Å²) in [6.07, 6.45) is -0.00594. The quantitative estimate of drug-likeness (QED) is 0.0629. The third-order valence-corrected chi connectivity index (χ3v) is 10.2. The van der Waals surface area contributed by atoms with Gasteiger partial charge in [-0.05, 0) is 107 Å². The molecule has 0 spiro atoms. The second-order valence-electron chi connectivity index (χ2n) is 12.7. The summed E-state index contributed by atoms with van der Waals surface area (Å²) in [5.74, 6) is -0.846. The van der Waals surface area contributed by atoms with Crippen LogP contribution in [-0.2, 0) is 27.2 Å². The zero-order valence-electron chi connectivity index (χ0n) is 29.0. The molecule has 1 aliphatic rings. The van der Waals surface area contributed by atoms with Gasteiger partial charge in [-0.2, -0.15) is 0 Å². The molecular formula is C38H40N4O6S3. The number of carbonyl (C=O) groups is 4. The van der Waals surface area contributed by atoms with Gasteiger partial charge in [-0.25, -0.2) is 9.59 Å². The van der Waals surface area contributed by atoms with Gasteiger partial charge in [0.2, 0.25) is 5.91 Å². The number of benzene rings is 3. The van der Waals surface area contributed by atoms with E-state index in [-0.39, 0.29) is 24.8 Å². The number of amides is 2. The number of hydrogen-bond acceptors (Lipinski definition) is 9. The Bertz CT molecular complexity index is 1920. The number of esters is 1. The maximum absolute atomic E-state index is 14.2. The van der Waals surface area contributed by atoms with Crippen molar-refractivity contribution in [2.75, 3.05) is 29.1 Å². The van der Waals surface area contributed by atoms with Gasteiger partial charge in [-0.1, -0.05) is 36.4 Å². The summed E-state index contributed by atoms with van der Waals surface area (Å²) in [5.41, 5.74) is 3.30. The first-order valence-corrected chi connectivity index (χ1v) is 18.5. The zero-order valence-corrected chi connectivity index (χ0v) is 31.5. The molecule has 2 heterocycles. The third-order valence-electron chi connectivity index (χ3n) is 7.66. The van der Waals surface area contributed by atoms with E-state index in [1.807, 2.05) is 75.4 Å². The number of ketones is 1. The first-order valence-electron chi connectivity index (χ1n) is 16.4. The molecule has 0 bridgehead atoms. The Labute approximate surface area is 311 Å². The summed E-state index contributed by atoms with van der Waals surface area (Å²) in [6.45, 7) is 9.51. The Morgan fingerprint density at radius 2 is 1.65 bits per heavy atom. The molecule has 5 rings (SSSR count). The van der Waals surface area contributed by atoms with Crippen LogP contribution < -0.4 is 16.0 Å². The summed E-state index contributed by atoms with van der Waals surface area (Å²) in [6, 6.07) is 24.0. The Hall–Kier alpha value is -4.72. The first kappa shape index (κ1) is 37.5. The fraction of sp³-hybridized carbons (Fsp3) is 0.289. The van der Waals surface area contributed by atoms with E-state index in [0.29, 0.717) is 34.2 Å². The Kier molecular flexibility index (Phi) is 12.2. The number of Topliss-reactive ketones (excluding diaryl/α,β-unsaturated/α-hetero) is 1. The van der Waals surface area contributed by atoms with E-state index < -0.39 is 22.9 Å². The monoisotopic (exact) mass is 744 g/mol. The lowest BCUT2D eigenvalue weighted by Crippen LogP contribution is -2.39. The van der Waals surface area contributed by atoms with Gasteiger partial charge in [0.1, 0.15) is 15.9 Å². The minimum Gasteiger partial charge on any atom is -0.462 e. The number of carbonyl (C=O) groups excluding carboxylic acids is 4. The fourth-order valence-corrected chi connectivity index (χ4v) is 7.91. The Morgan fingerprint density at radius 3 is 2.31 bits per heavy atom. The number of hydrogen-bond donors (Lipinski definition) is 3. The molecule has 266 valence electrons. The maximum atomic E-state index is 14.2. The highest BCUT2D eigenvalue weighted by molar-refractivity contribution is 8.00. The normalized spacial score (nSPS) is 13.0. The summed E-state index contributed by atoms with van der Waals surface area (Å²) < 4.78 is 11.0. The van der Waals surface area contributed by atoms with Crippen molar-refractivity contribution in [2.24, 2.45) is 0 Å². The van der Waals surface area contributed by atoms with Gasteiger partial charge in [-0.3, -0.25) is 9.59 Å². The van der Waals surface area contributed by atoms with Crippen molar-refractivity contribution in [3.63, 3.8) is 0 Å². The number of fused-ring (bicyclic) bond motifs is 1. The van der Waals surface area contributed by atoms with Gasteiger partial charge in [0, 0.05) is 33.3 Å². The number of thiocarbonyl (C=S) groups is 1. The number of ether oxygens (including phenoxy) is 2. The van der Waals surface area contributed by atoms with Crippen molar-refractivity contribution >= 4 is 80.6 Å². The second kappa shape index (κ2) is 16.5. The van der Waals surface area contributed by atoms with E-state index in [1.54, 1.807) is 36.1 Å². The van der Waals surface area contributed by atoms with E-state index in [2.05, 4.69) is 16.0 Å². The van der Waals surface area contributed by atoms with Crippen LogP contribution in [0.15, 0.2) is 83.8 Å². The highest BCUT2D eigenvalue weighted by Crippen LogP contribution is 2.41. The molecule has 1 aromatic heterocycles. The van der Waals surface area contributed by atoms with Gasteiger partial charge in [-0.15, -0.1) is 23.1 Å². The standard InChI is InChI=1S/C38H40N4O6S3/c1-6-47-35(45)31-29-19-20-42(37(46)48-38(3,4)5)22-30(29)51-34(31)41-33(44)32(25-11-8-7-9-12-25)50-28-14-10-13-27(21-28)40-36(49)39-26-17-15-24(16-18-26)23(2)43/h7-18,21,32H,6,19-20,22H2,1-5H3,(H,41,44)(H2,39,40,49). The van der Waals surface area contributed by atoms with Gasteiger partial charge < -0.3 is 30.3 Å². The smallest absolute Gasteiger partial charge is 0.410 e. The van der Waals surface area contributed by atoms with Gasteiger partial charge >= 0.3 is 12.1 Å². The molecule has 51 heavy (non-hydrogen) atoms. The van der Waals surface area contributed by atoms with E-state index in [1.165, 1.54) is 30.0 Å². The summed E-state index contributed by atoms with van der Waals surface area (Å²) in [7, 11) is 0. The average Bonchev–Trinajstić information content (AvgIpc) is 3.44. The molecule has 1 unspecified atom stereocenters. The molecule has 2 amide bonds. The SMILES string of the molecule is CCOC(=O)c1c(NC(=O)C(Sc2cccc(NC(=S)Nc3ccc(C(C)=O)cc3)c2)c2ccccc2)sc2c1CCN(C(=O)OC(C)(C)C)C2. The summed E-state index contributed by atoms with van der Waals surface area (Å²) in [5, 5.41) is 9.43. The van der Waals surface area contributed by atoms with Crippen molar-refractivity contribution < 1.29 is 28.7 Å². The van der Waals surface area contributed by atoms with Crippen molar-refractivity contribution in [3.05, 3.63) is 106 Å². The number of rotatable bonds is 10. The molecule has 0 fully saturated rings.